The normalized spacial score (nSPS) is 20.0. The number of benzene rings is 2. The fourth-order valence-corrected chi connectivity index (χ4v) is 3.69. The Morgan fingerprint density at radius 1 is 1.24 bits per heavy atom. The Labute approximate surface area is 198 Å². The van der Waals surface area contributed by atoms with Crippen LogP contribution in [0.2, 0.25) is 0 Å². The van der Waals surface area contributed by atoms with Crippen LogP contribution in [0.3, 0.4) is 0 Å². The molecule has 2 aromatic rings. The Morgan fingerprint density at radius 2 is 1.88 bits per heavy atom. The third-order valence-corrected chi connectivity index (χ3v) is 5.96. The Kier molecular flexibility index (Phi) is 6.95. The average molecular weight is 492 g/mol. The SMILES string of the molecule is C#Cc1ccc(Oc2cc(C(C#N)OC(=O)[C@@H]3[C@H](/C=C(\Cl)C(F)(F)F)C3(C)C)ccc2F)cc1. The van der Waals surface area contributed by atoms with E-state index in [2.05, 4.69) is 5.92 Å². The van der Waals surface area contributed by atoms with Crippen molar-refractivity contribution in [2.75, 3.05) is 0 Å². The summed E-state index contributed by atoms with van der Waals surface area (Å²) in [6.45, 7) is 3.19. The number of ether oxygens (including phenoxy) is 2. The molecule has 1 aliphatic carbocycles. The van der Waals surface area contributed by atoms with E-state index in [1.807, 2.05) is 0 Å². The van der Waals surface area contributed by atoms with E-state index in [4.69, 9.17) is 27.5 Å². The van der Waals surface area contributed by atoms with Gasteiger partial charge in [0.15, 0.2) is 11.6 Å². The van der Waals surface area contributed by atoms with Crippen LogP contribution in [0, 0.1) is 46.7 Å². The van der Waals surface area contributed by atoms with Gasteiger partial charge in [0.2, 0.25) is 6.10 Å². The van der Waals surface area contributed by atoms with E-state index < -0.39 is 46.3 Å². The third-order valence-electron chi connectivity index (χ3n) is 5.62. The highest BCUT2D eigenvalue weighted by Crippen LogP contribution is 2.60. The second-order valence-corrected chi connectivity index (χ2v) is 8.65. The van der Waals surface area contributed by atoms with Gasteiger partial charge in [-0.15, -0.1) is 6.42 Å². The lowest BCUT2D eigenvalue weighted by Crippen LogP contribution is -2.15. The number of terminal acetylenes is 1. The van der Waals surface area contributed by atoms with Gasteiger partial charge in [0.25, 0.3) is 0 Å². The average Bonchev–Trinajstić information content (AvgIpc) is 3.33. The van der Waals surface area contributed by atoms with Crippen molar-refractivity contribution in [3.8, 4) is 29.9 Å². The molecule has 0 heterocycles. The van der Waals surface area contributed by atoms with E-state index in [0.717, 1.165) is 12.1 Å². The Bertz CT molecular complexity index is 1210. The molecular formula is C25H18ClF4NO3. The molecule has 0 radical (unpaired) electrons. The summed E-state index contributed by atoms with van der Waals surface area (Å²) in [5.41, 5.74) is -0.110. The van der Waals surface area contributed by atoms with Crippen LogP contribution >= 0.6 is 11.6 Å². The Hall–Kier alpha value is -3.49. The minimum Gasteiger partial charge on any atom is -0.454 e. The molecule has 3 rings (SSSR count). The number of hydrogen-bond donors (Lipinski definition) is 0. The first-order valence-electron chi connectivity index (χ1n) is 9.97. The van der Waals surface area contributed by atoms with E-state index in [0.29, 0.717) is 5.56 Å². The van der Waals surface area contributed by atoms with Crippen molar-refractivity contribution in [1.29, 1.82) is 5.26 Å². The molecule has 1 saturated carbocycles. The van der Waals surface area contributed by atoms with Gasteiger partial charge in [-0.3, -0.25) is 4.79 Å². The molecule has 0 aliphatic heterocycles. The minimum absolute atomic E-state index is 0.131. The van der Waals surface area contributed by atoms with Gasteiger partial charge in [0, 0.05) is 11.1 Å². The Morgan fingerprint density at radius 3 is 2.44 bits per heavy atom. The topological polar surface area (TPSA) is 59.3 Å². The fourth-order valence-electron chi connectivity index (χ4n) is 3.56. The highest BCUT2D eigenvalue weighted by molar-refractivity contribution is 6.30. The van der Waals surface area contributed by atoms with Crippen LogP contribution < -0.4 is 4.74 Å². The van der Waals surface area contributed by atoms with E-state index >= 15 is 0 Å². The number of rotatable bonds is 6. The van der Waals surface area contributed by atoms with Crippen molar-refractivity contribution in [2.24, 2.45) is 17.3 Å². The molecule has 3 atom stereocenters. The van der Waals surface area contributed by atoms with E-state index in [1.54, 1.807) is 32.0 Å². The molecule has 0 spiro atoms. The Balaban J connectivity index is 1.77. The van der Waals surface area contributed by atoms with Gasteiger partial charge >= 0.3 is 12.1 Å². The van der Waals surface area contributed by atoms with Gasteiger partial charge in [0.1, 0.15) is 16.9 Å². The molecule has 1 aliphatic rings. The van der Waals surface area contributed by atoms with Crippen molar-refractivity contribution in [3.05, 3.63) is 70.5 Å². The number of nitriles is 1. The zero-order valence-electron chi connectivity index (χ0n) is 18.0. The predicted octanol–water partition coefficient (Wildman–Crippen LogP) is 6.66. The van der Waals surface area contributed by atoms with Crippen LogP contribution in [0.25, 0.3) is 0 Å². The smallest absolute Gasteiger partial charge is 0.426 e. The lowest BCUT2D eigenvalue weighted by atomic mass is 10.1. The molecule has 4 nitrogen and oxygen atoms in total. The van der Waals surface area contributed by atoms with E-state index in [9.17, 15) is 27.6 Å². The summed E-state index contributed by atoms with van der Waals surface area (Å²) < 4.78 is 63.3. The van der Waals surface area contributed by atoms with E-state index in [-0.39, 0.29) is 17.1 Å². The molecule has 0 amide bonds. The molecule has 0 N–H and O–H groups in total. The van der Waals surface area contributed by atoms with Gasteiger partial charge in [-0.1, -0.05) is 43.5 Å². The summed E-state index contributed by atoms with van der Waals surface area (Å²) in [5.74, 6) is -0.807. The van der Waals surface area contributed by atoms with Gasteiger partial charge in [0.05, 0.1) is 5.92 Å². The number of carbonyl (C=O) groups is 1. The quantitative estimate of drug-likeness (QED) is 0.257. The van der Waals surface area contributed by atoms with Crippen molar-refractivity contribution < 1.29 is 31.8 Å². The van der Waals surface area contributed by atoms with Crippen molar-refractivity contribution in [3.63, 3.8) is 0 Å². The molecule has 0 saturated heterocycles. The first kappa shape index (κ1) is 25.1. The number of allylic oxidation sites excluding steroid dienone is 2. The second kappa shape index (κ2) is 9.40. The van der Waals surface area contributed by atoms with Crippen LogP contribution in [-0.2, 0) is 9.53 Å². The standard InChI is InChI=1S/C25H18ClF4NO3/c1-4-14-5-8-16(9-6-14)33-19-11-15(7-10-18(19)27)20(13-31)34-23(32)22-17(24(22,2)3)12-21(26)25(28,29)30/h1,5-12,17,20,22H,2-3H3/b21-12-/t17-,20?,22-/m0/s1. The predicted molar refractivity (Wildman–Crippen MR) is 116 cm³/mol. The highest BCUT2D eigenvalue weighted by Gasteiger charge is 2.62. The number of alkyl halides is 3. The van der Waals surface area contributed by atoms with E-state index in [1.165, 1.54) is 24.3 Å². The number of esters is 1. The van der Waals surface area contributed by atoms with Gasteiger partial charge in [-0.05, 0) is 47.7 Å². The molecule has 176 valence electrons. The van der Waals surface area contributed by atoms with Crippen LogP contribution in [0.5, 0.6) is 11.5 Å². The zero-order valence-corrected chi connectivity index (χ0v) is 18.7. The number of nitrogens with zero attached hydrogens (tertiary/aromatic N) is 1. The summed E-state index contributed by atoms with van der Waals surface area (Å²) in [5, 5.41) is 8.20. The van der Waals surface area contributed by atoms with Crippen LogP contribution in [0.15, 0.2) is 53.6 Å². The van der Waals surface area contributed by atoms with Gasteiger partial charge < -0.3 is 9.47 Å². The molecule has 0 aromatic heterocycles. The largest absolute Gasteiger partial charge is 0.454 e. The first-order chi connectivity index (χ1) is 15.9. The molecule has 1 unspecified atom stereocenters. The highest BCUT2D eigenvalue weighted by atomic mass is 35.5. The second-order valence-electron chi connectivity index (χ2n) is 8.24. The summed E-state index contributed by atoms with van der Waals surface area (Å²) in [4.78, 5) is 12.7. The molecule has 9 heteroatoms. The zero-order chi connectivity index (χ0) is 25.3. The van der Waals surface area contributed by atoms with Crippen LogP contribution in [-0.4, -0.2) is 12.1 Å². The summed E-state index contributed by atoms with van der Waals surface area (Å²) in [7, 11) is 0. The van der Waals surface area contributed by atoms with Crippen molar-refractivity contribution in [2.45, 2.75) is 26.1 Å². The number of halogens is 5. The molecule has 0 bridgehead atoms. The monoisotopic (exact) mass is 491 g/mol. The number of carbonyl (C=O) groups excluding carboxylic acids is 1. The van der Waals surface area contributed by atoms with Crippen LogP contribution in [0.4, 0.5) is 17.6 Å². The summed E-state index contributed by atoms with van der Waals surface area (Å²) in [6.07, 6.45) is -0.0810. The van der Waals surface area contributed by atoms with Crippen molar-refractivity contribution >= 4 is 17.6 Å². The summed E-state index contributed by atoms with van der Waals surface area (Å²) >= 11 is 5.31. The lowest BCUT2D eigenvalue weighted by Gasteiger charge is -2.14. The number of hydrogen-bond acceptors (Lipinski definition) is 4. The maximum Gasteiger partial charge on any atom is 0.426 e. The first-order valence-corrected chi connectivity index (χ1v) is 10.3. The van der Waals surface area contributed by atoms with Gasteiger partial charge in [-0.25, -0.2) is 4.39 Å². The summed E-state index contributed by atoms with van der Waals surface area (Å²) in [6, 6.07) is 11.6. The minimum atomic E-state index is -4.73. The van der Waals surface area contributed by atoms with Crippen LogP contribution in [0.1, 0.15) is 31.1 Å². The lowest BCUT2D eigenvalue weighted by molar-refractivity contribution is -0.149. The molecular weight excluding hydrogens is 474 g/mol. The van der Waals surface area contributed by atoms with Crippen molar-refractivity contribution in [1.82, 2.24) is 0 Å². The molecule has 2 aromatic carbocycles. The third kappa shape index (κ3) is 5.35. The molecule has 34 heavy (non-hydrogen) atoms. The molecule has 1 fully saturated rings. The maximum atomic E-state index is 14.3. The fraction of sp³-hybridized carbons (Fsp3) is 0.280. The van der Waals surface area contributed by atoms with Gasteiger partial charge in [-0.2, -0.15) is 18.4 Å². The maximum absolute atomic E-state index is 14.3.